The SMILES string of the molecule is O=c1cc(-c2ccc(Br)cc2)nc(-c2ccccc2)[nH]1. The molecule has 98 valence electrons. The van der Waals surface area contributed by atoms with Crippen molar-refractivity contribution in [3.63, 3.8) is 0 Å². The summed E-state index contributed by atoms with van der Waals surface area (Å²) >= 11 is 3.40. The summed E-state index contributed by atoms with van der Waals surface area (Å²) in [5.74, 6) is 0.580. The number of hydrogen-bond acceptors (Lipinski definition) is 2. The van der Waals surface area contributed by atoms with E-state index in [-0.39, 0.29) is 5.56 Å². The van der Waals surface area contributed by atoms with Crippen LogP contribution in [0.1, 0.15) is 0 Å². The number of aromatic nitrogens is 2. The fourth-order valence-corrected chi connectivity index (χ4v) is 2.22. The third kappa shape index (κ3) is 2.70. The van der Waals surface area contributed by atoms with Crippen LogP contribution in [0.2, 0.25) is 0 Å². The first kappa shape index (κ1) is 12.8. The number of nitrogens with zero attached hydrogens (tertiary/aromatic N) is 1. The minimum Gasteiger partial charge on any atom is -0.306 e. The molecule has 1 heterocycles. The maximum Gasteiger partial charge on any atom is 0.251 e. The van der Waals surface area contributed by atoms with Crippen molar-refractivity contribution in [1.29, 1.82) is 0 Å². The Labute approximate surface area is 124 Å². The second-order valence-corrected chi connectivity index (χ2v) is 5.27. The molecule has 3 aromatic rings. The van der Waals surface area contributed by atoms with Crippen molar-refractivity contribution in [2.45, 2.75) is 0 Å². The van der Waals surface area contributed by atoms with E-state index < -0.39 is 0 Å². The number of nitrogens with one attached hydrogen (secondary N) is 1. The Hall–Kier alpha value is -2.20. The number of aromatic amines is 1. The minimum absolute atomic E-state index is 0.156. The lowest BCUT2D eigenvalue weighted by Gasteiger charge is -2.05. The highest BCUT2D eigenvalue weighted by atomic mass is 79.9. The molecule has 20 heavy (non-hydrogen) atoms. The van der Waals surface area contributed by atoms with E-state index in [4.69, 9.17) is 0 Å². The van der Waals surface area contributed by atoms with Gasteiger partial charge in [-0.3, -0.25) is 4.79 Å². The molecule has 0 unspecified atom stereocenters. The van der Waals surface area contributed by atoms with Crippen LogP contribution < -0.4 is 5.56 Å². The minimum atomic E-state index is -0.156. The summed E-state index contributed by atoms with van der Waals surface area (Å²) in [4.78, 5) is 19.1. The Morgan fingerprint density at radius 2 is 1.60 bits per heavy atom. The lowest BCUT2D eigenvalue weighted by atomic mass is 10.1. The van der Waals surface area contributed by atoms with E-state index in [1.165, 1.54) is 6.07 Å². The molecule has 0 aliphatic rings. The molecule has 0 fully saturated rings. The van der Waals surface area contributed by atoms with Gasteiger partial charge in [-0.25, -0.2) is 4.98 Å². The van der Waals surface area contributed by atoms with E-state index in [0.29, 0.717) is 11.5 Å². The van der Waals surface area contributed by atoms with Crippen LogP contribution in [-0.4, -0.2) is 9.97 Å². The quantitative estimate of drug-likeness (QED) is 0.777. The Kier molecular flexibility index (Phi) is 3.48. The van der Waals surface area contributed by atoms with Gasteiger partial charge in [0.15, 0.2) is 0 Å². The van der Waals surface area contributed by atoms with Crippen LogP contribution in [0.15, 0.2) is 69.9 Å². The predicted molar refractivity (Wildman–Crippen MR) is 83.4 cm³/mol. The predicted octanol–water partition coefficient (Wildman–Crippen LogP) is 3.87. The third-order valence-corrected chi connectivity index (χ3v) is 3.46. The van der Waals surface area contributed by atoms with Gasteiger partial charge >= 0.3 is 0 Å². The summed E-state index contributed by atoms with van der Waals surface area (Å²) < 4.78 is 0.995. The monoisotopic (exact) mass is 326 g/mol. The van der Waals surface area contributed by atoms with Crippen LogP contribution in [0.3, 0.4) is 0 Å². The molecule has 0 spiro atoms. The normalized spacial score (nSPS) is 10.4. The van der Waals surface area contributed by atoms with Gasteiger partial charge in [0.2, 0.25) is 0 Å². The molecule has 0 saturated heterocycles. The van der Waals surface area contributed by atoms with Crippen molar-refractivity contribution in [3.8, 4) is 22.6 Å². The third-order valence-electron chi connectivity index (χ3n) is 2.93. The molecule has 3 nitrogen and oxygen atoms in total. The van der Waals surface area contributed by atoms with E-state index >= 15 is 0 Å². The second-order valence-electron chi connectivity index (χ2n) is 4.35. The number of rotatable bonds is 2. The zero-order valence-corrected chi connectivity index (χ0v) is 12.1. The Morgan fingerprint density at radius 3 is 2.30 bits per heavy atom. The van der Waals surface area contributed by atoms with Crippen molar-refractivity contribution < 1.29 is 0 Å². The van der Waals surface area contributed by atoms with Crippen molar-refractivity contribution in [3.05, 3.63) is 75.5 Å². The first-order valence-corrected chi connectivity index (χ1v) is 6.94. The fourth-order valence-electron chi connectivity index (χ4n) is 1.96. The zero-order valence-electron chi connectivity index (χ0n) is 10.5. The summed E-state index contributed by atoms with van der Waals surface area (Å²) in [6.45, 7) is 0. The van der Waals surface area contributed by atoms with Gasteiger partial charge in [-0.2, -0.15) is 0 Å². The summed E-state index contributed by atoms with van der Waals surface area (Å²) in [5, 5.41) is 0. The van der Waals surface area contributed by atoms with Gasteiger partial charge in [0.1, 0.15) is 5.82 Å². The van der Waals surface area contributed by atoms with E-state index in [9.17, 15) is 4.79 Å². The van der Waals surface area contributed by atoms with E-state index in [2.05, 4.69) is 25.9 Å². The largest absolute Gasteiger partial charge is 0.306 e. The standard InChI is InChI=1S/C16H11BrN2O/c17-13-8-6-11(7-9-13)14-10-15(20)19-16(18-14)12-4-2-1-3-5-12/h1-10H,(H,18,19,20). The highest BCUT2D eigenvalue weighted by molar-refractivity contribution is 9.10. The summed E-state index contributed by atoms with van der Waals surface area (Å²) in [7, 11) is 0. The van der Waals surface area contributed by atoms with Crippen LogP contribution >= 0.6 is 15.9 Å². The highest BCUT2D eigenvalue weighted by Crippen LogP contribution is 2.21. The average molecular weight is 327 g/mol. The van der Waals surface area contributed by atoms with Crippen molar-refractivity contribution >= 4 is 15.9 Å². The molecule has 0 atom stereocenters. The van der Waals surface area contributed by atoms with Crippen LogP contribution in [0.4, 0.5) is 0 Å². The maximum absolute atomic E-state index is 11.8. The van der Waals surface area contributed by atoms with Crippen LogP contribution in [0.25, 0.3) is 22.6 Å². The highest BCUT2D eigenvalue weighted by Gasteiger charge is 2.05. The Bertz CT molecular complexity index is 780. The molecule has 1 N–H and O–H groups in total. The summed E-state index contributed by atoms with van der Waals surface area (Å²) in [6, 6.07) is 18.8. The van der Waals surface area contributed by atoms with Crippen LogP contribution in [-0.2, 0) is 0 Å². The molecular weight excluding hydrogens is 316 g/mol. The van der Waals surface area contributed by atoms with Crippen molar-refractivity contribution in [2.75, 3.05) is 0 Å². The van der Waals surface area contributed by atoms with Gasteiger partial charge in [0, 0.05) is 21.7 Å². The van der Waals surface area contributed by atoms with Gasteiger partial charge in [0.05, 0.1) is 5.69 Å². The molecule has 3 rings (SSSR count). The maximum atomic E-state index is 11.8. The molecule has 4 heteroatoms. The molecular formula is C16H11BrN2O. The van der Waals surface area contributed by atoms with E-state index in [1.807, 2.05) is 54.6 Å². The average Bonchev–Trinajstić information content (AvgIpc) is 2.48. The molecule has 0 radical (unpaired) electrons. The number of hydrogen-bond donors (Lipinski definition) is 1. The van der Waals surface area contributed by atoms with Gasteiger partial charge in [-0.05, 0) is 12.1 Å². The van der Waals surface area contributed by atoms with E-state index in [1.54, 1.807) is 0 Å². The Morgan fingerprint density at radius 1 is 0.900 bits per heavy atom. The number of halogens is 1. The topological polar surface area (TPSA) is 45.8 Å². The molecule has 2 aromatic carbocycles. The number of H-pyrrole nitrogens is 1. The molecule has 0 bridgehead atoms. The Balaban J connectivity index is 2.12. The van der Waals surface area contributed by atoms with Gasteiger partial charge in [-0.15, -0.1) is 0 Å². The summed E-state index contributed by atoms with van der Waals surface area (Å²) in [5.41, 5.74) is 2.32. The van der Waals surface area contributed by atoms with Crippen LogP contribution in [0.5, 0.6) is 0 Å². The van der Waals surface area contributed by atoms with Gasteiger partial charge in [-0.1, -0.05) is 58.4 Å². The smallest absolute Gasteiger partial charge is 0.251 e. The van der Waals surface area contributed by atoms with Gasteiger partial charge in [0.25, 0.3) is 5.56 Å². The van der Waals surface area contributed by atoms with Crippen molar-refractivity contribution in [2.24, 2.45) is 0 Å². The van der Waals surface area contributed by atoms with Crippen LogP contribution in [0, 0.1) is 0 Å². The lowest BCUT2D eigenvalue weighted by molar-refractivity contribution is 1.13. The zero-order chi connectivity index (χ0) is 13.9. The second kappa shape index (κ2) is 5.43. The fraction of sp³-hybridized carbons (Fsp3) is 0. The molecule has 0 amide bonds. The molecule has 0 aliphatic carbocycles. The molecule has 1 aromatic heterocycles. The number of benzene rings is 2. The molecule has 0 saturated carbocycles. The molecule has 0 aliphatic heterocycles. The van der Waals surface area contributed by atoms with Gasteiger partial charge < -0.3 is 4.98 Å². The first-order valence-electron chi connectivity index (χ1n) is 6.15. The van der Waals surface area contributed by atoms with Crippen molar-refractivity contribution in [1.82, 2.24) is 9.97 Å². The summed E-state index contributed by atoms with van der Waals surface area (Å²) in [6.07, 6.45) is 0. The van der Waals surface area contributed by atoms with E-state index in [0.717, 1.165) is 15.6 Å². The first-order chi connectivity index (χ1) is 9.72. The lowest BCUT2D eigenvalue weighted by Crippen LogP contribution is -2.08.